The Morgan fingerprint density at radius 1 is 1.23 bits per heavy atom. The predicted molar refractivity (Wildman–Crippen MR) is 85.7 cm³/mol. The smallest absolute Gasteiger partial charge is 0.256 e. The minimum atomic E-state index is -0.0500. The number of aryl methyl sites for hydroxylation is 2. The van der Waals surface area contributed by atoms with Crippen molar-refractivity contribution >= 4 is 5.91 Å². The molecular formula is C17H21N3O2. The van der Waals surface area contributed by atoms with Crippen LogP contribution in [-0.2, 0) is 17.8 Å². The molecule has 0 saturated heterocycles. The molecule has 1 N–H and O–H groups in total. The van der Waals surface area contributed by atoms with Crippen molar-refractivity contribution < 1.29 is 4.79 Å². The van der Waals surface area contributed by atoms with E-state index in [2.05, 4.69) is 10.3 Å². The molecule has 1 amide bonds. The molecule has 1 aromatic heterocycles. The van der Waals surface area contributed by atoms with Crippen LogP contribution in [0.5, 0.6) is 0 Å². The lowest BCUT2D eigenvalue weighted by Gasteiger charge is -2.09. The quantitative estimate of drug-likeness (QED) is 0.881. The van der Waals surface area contributed by atoms with Crippen LogP contribution in [0.3, 0.4) is 0 Å². The first-order valence-electron chi connectivity index (χ1n) is 7.41. The Kier molecular flexibility index (Phi) is 5.47. The zero-order valence-electron chi connectivity index (χ0n) is 13.0. The Hall–Kier alpha value is -2.43. The average molecular weight is 299 g/mol. The molecule has 0 aliphatic heterocycles. The standard InChI is InChI=1S/C17H21N3O2/c1-13-14(2)19-12-20(17(13)22)11-10-18-16(21)9-8-15-6-4-3-5-7-15/h3-7,12H,8-11H2,1-2H3,(H,18,21). The number of nitrogens with one attached hydrogen (secondary N) is 1. The summed E-state index contributed by atoms with van der Waals surface area (Å²) in [6.07, 6.45) is 2.70. The SMILES string of the molecule is Cc1ncn(CCNC(=O)CCc2ccccc2)c(=O)c1C. The molecule has 0 unspecified atom stereocenters. The highest BCUT2D eigenvalue weighted by Gasteiger charge is 2.05. The van der Waals surface area contributed by atoms with Crippen molar-refractivity contribution in [3.63, 3.8) is 0 Å². The number of aromatic nitrogens is 2. The average Bonchev–Trinajstić information content (AvgIpc) is 2.54. The van der Waals surface area contributed by atoms with E-state index in [1.165, 1.54) is 10.9 Å². The van der Waals surface area contributed by atoms with Gasteiger partial charge in [0.1, 0.15) is 0 Å². The minimum Gasteiger partial charge on any atom is -0.354 e. The maximum absolute atomic E-state index is 12.0. The molecule has 1 heterocycles. The number of amides is 1. The van der Waals surface area contributed by atoms with Gasteiger partial charge in [-0.15, -0.1) is 0 Å². The Labute approximate surface area is 130 Å². The molecule has 0 fully saturated rings. The van der Waals surface area contributed by atoms with Gasteiger partial charge in [-0.05, 0) is 25.8 Å². The first kappa shape index (κ1) is 15.9. The third kappa shape index (κ3) is 4.28. The van der Waals surface area contributed by atoms with Crippen molar-refractivity contribution in [3.8, 4) is 0 Å². The highest BCUT2D eigenvalue weighted by Crippen LogP contribution is 2.02. The summed E-state index contributed by atoms with van der Waals surface area (Å²) in [5, 5.41) is 2.84. The van der Waals surface area contributed by atoms with Crippen molar-refractivity contribution in [2.75, 3.05) is 6.54 Å². The third-order valence-electron chi connectivity index (χ3n) is 3.67. The van der Waals surface area contributed by atoms with Gasteiger partial charge in [0.05, 0.1) is 6.33 Å². The number of carbonyl (C=O) groups is 1. The van der Waals surface area contributed by atoms with Gasteiger partial charge in [-0.1, -0.05) is 30.3 Å². The number of carbonyl (C=O) groups excluding carboxylic acids is 1. The topological polar surface area (TPSA) is 64.0 Å². The molecule has 0 spiro atoms. The van der Waals surface area contributed by atoms with Gasteiger partial charge in [0.25, 0.3) is 5.56 Å². The molecule has 2 aromatic rings. The summed E-state index contributed by atoms with van der Waals surface area (Å²) in [6, 6.07) is 9.90. The van der Waals surface area contributed by atoms with Gasteiger partial charge < -0.3 is 5.32 Å². The van der Waals surface area contributed by atoms with E-state index in [1.54, 1.807) is 6.92 Å². The molecule has 0 bridgehead atoms. The summed E-state index contributed by atoms with van der Waals surface area (Å²) in [7, 11) is 0. The maximum Gasteiger partial charge on any atom is 0.256 e. The van der Waals surface area contributed by atoms with E-state index in [0.29, 0.717) is 25.1 Å². The second-order valence-corrected chi connectivity index (χ2v) is 5.29. The normalized spacial score (nSPS) is 10.5. The van der Waals surface area contributed by atoms with Gasteiger partial charge >= 0.3 is 0 Å². The van der Waals surface area contributed by atoms with Gasteiger partial charge in [-0.2, -0.15) is 0 Å². The van der Waals surface area contributed by atoms with Crippen molar-refractivity contribution in [2.45, 2.75) is 33.2 Å². The lowest BCUT2D eigenvalue weighted by molar-refractivity contribution is -0.121. The number of hydrogen-bond acceptors (Lipinski definition) is 3. The van der Waals surface area contributed by atoms with Crippen LogP contribution >= 0.6 is 0 Å². The lowest BCUT2D eigenvalue weighted by Crippen LogP contribution is -2.32. The van der Waals surface area contributed by atoms with Crippen molar-refractivity contribution in [1.82, 2.24) is 14.9 Å². The van der Waals surface area contributed by atoms with E-state index < -0.39 is 0 Å². The molecule has 22 heavy (non-hydrogen) atoms. The highest BCUT2D eigenvalue weighted by molar-refractivity contribution is 5.76. The van der Waals surface area contributed by atoms with E-state index in [9.17, 15) is 9.59 Å². The third-order valence-corrected chi connectivity index (χ3v) is 3.67. The van der Waals surface area contributed by atoms with E-state index in [-0.39, 0.29) is 11.5 Å². The van der Waals surface area contributed by atoms with E-state index in [0.717, 1.165) is 17.7 Å². The summed E-state index contributed by atoms with van der Waals surface area (Å²) in [5.74, 6) is -0.00584. The molecule has 116 valence electrons. The van der Waals surface area contributed by atoms with Gasteiger partial charge in [-0.3, -0.25) is 14.2 Å². The largest absolute Gasteiger partial charge is 0.354 e. The lowest BCUT2D eigenvalue weighted by atomic mass is 10.1. The fourth-order valence-corrected chi connectivity index (χ4v) is 2.14. The second-order valence-electron chi connectivity index (χ2n) is 5.29. The number of rotatable bonds is 6. The van der Waals surface area contributed by atoms with Crippen LogP contribution in [0.2, 0.25) is 0 Å². The fourth-order valence-electron chi connectivity index (χ4n) is 2.14. The predicted octanol–water partition coefficient (Wildman–Crippen LogP) is 1.61. The van der Waals surface area contributed by atoms with Crippen LogP contribution < -0.4 is 10.9 Å². The van der Waals surface area contributed by atoms with Crippen molar-refractivity contribution in [2.24, 2.45) is 0 Å². The molecule has 0 radical (unpaired) electrons. The Morgan fingerprint density at radius 3 is 2.68 bits per heavy atom. The molecule has 0 aliphatic rings. The monoisotopic (exact) mass is 299 g/mol. The van der Waals surface area contributed by atoms with Crippen LogP contribution in [-0.4, -0.2) is 22.0 Å². The molecule has 0 saturated carbocycles. The summed E-state index contributed by atoms with van der Waals surface area (Å²) >= 11 is 0. The second kappa shape index (κ2) is 7.54. The van der Waals surface area contributed by atoms with Crippen LogP contribution in [0, 0.1) is 13.8 Å². The fraction of sp³-hybridized carbons (Fsp3) is 0.353. The van der Waals surface area contributed by atoms with Crippen LogP contribution in [0.1, 0.15) is 23.2 Å². The molecule has 1 aromatic carbocycles. The summed E-state index contributed by atoms with van der Waals surface area (Å²) in [5.41, 5.74) is 2.49. The Balaban J connectivity index is 1.78. The summed E-state index contributed by atoms with van der Waals surface area (Å²) in [4.78, 5) is 27.9. The molecule has 0 aliphatic carbocycles. The maximum atomic E-state index is 12.0. The molecule has 5 heteroatoms. The summed E-state index contributed by atoms with van der Waals surface area (Å²) < 4.78 is 1.53. The number of benzene rings is 1. The van der Waals surface area contributed by atoms with Gasteiger partial charge in [-0.25, -0.2) is 4.98 Å². The van der Waals surface area contributed by atoms with E-state index >= 15 is 0 Å². The first-order chi connectivity index (χ1) is 10.6. The Bertz CT molecular complexity index is 693. The number of hydrogen-bond donors (Lipinski definition) is 1. The van der Waals surface area contributed by atoms with Crippen LogP contribution in [0.15, 0.2) is 41.5 Å². The zero-order chi connectivity index (χ0) is 15.9. The minimum absolute atomic E-state index is 0.00584. The zero-order valence-corrected chi connectivity index (χ0v) is 13.0. The first-order valence-corrected chi connectivity index (χ1v) is 7.41. The van der Waals surface area contributed by atoms with Crippen molar-refractivity contribution in [1.29, 1.82) is 0 Å². The molecular weight excluding hydrogens is 278 g/mol. The van der Waals surface area contributed by atoms with Crippen molar-refractivity contribution in [3.05, 3.63) is 63.8 Å². The van der Waals surface area contributed by atoms with E-state index in [1.807, 2.05) is 37.3 Å². The summed E-state index contributed by atoms with van der Waals surface area (Å²) in [6.45, 7) is 4.44. The van der Waals surface area contributed by atoms with Gasteiger partial charge in [0.15, 0.2) is 0 Å². The van der Waals surface area contributed by atoms with E-state index in [4.69, 9.17) is 0 Å². The van der Waals surface area contributed by atoms with Gasteiger partial charge in [0, 0.05) is 30.8 Å². The molecule has 2 rings (SSSR count). The van der Waals surface area contributed by atoms with Crippen LogP contribution in [0.25, 0.3) is 0 Å². The highest BCUT2D eigenvalue weighted by atomic mass is 16.1. The Morgan fingerprint density at radius 2 is 1.95 bits per heavy atom. The number of nitrogens with zero attached hydrogens (tertiary/aromatic N) is 2. The van der Waals surface area contributed by atoms with Gasteiger partial charge in [0.2, 0.25) is 5.91 Å². The molecule has 0 atom stereocenters. The molecule has 5 nitrogen and oxygen atoms in total. The van der Waals surface area contributed by atoms with Crippen LogP contribution in [0.4, 0.5) is 0 Å².